The Morgan fingerprint density at radius 1 is 1.17 bits per heavy atom. The van der Waals surface area contributed by atoms with Gasteiger partial charge in [0.05, 0.1) is 18.7 Å². The third-order valence-corrected chi connectivity index (χ3v) is 5.94. The number of nitrogens with zero attached hydrogens (tertiary/aromatic N) is 3. The van der Waals surface area contributed by atoms with Gasteiger partial charge in [-0.15, -0.1) is 0 Å². The molecule has 2 aromatic carbocycles. The Hall–Kier alpha value is -4.14. The number of aryl methyl sites for hydroxylation is 1. The second-order valence-electron chi connectivity index (χ2n) is 8.46. The lowest BCUT2D eigenvalue weighted by molar-refractivity contribution is -0.120. The van der Waals surface area contributed by atoms with E-state index in [1.54, 1.807) is 24.5 Å². The van der Waals surface area contributed by atoms with Gasteiger partial charge in [-0.1, -0.05) is 18.2 Å². The zero-order valence-corrected chi connectivity index (χ0v) is 20.5. The smallest absolute Gasteiger partial charge is 0.298 e. The first kappa shape index (κ1) is 25.0. The molecule has 1 N–H and O–H groups in total. The molecule has 2 heterocycles. The van der Waals surface area contributed by atoms with Crippen LogP contribution in [0.25, 0.3) is 0 Å². The van der Waals surface area contributed by atoms with Crippen molar-refractivity contribution in [2.45, 2.75) is 39.3 Å². The number of anilines is 1. The summed E-state index contributed by atoms with van der Waals surface area (Å²) >= 11 is 0. The fraction of sp³-hybridized carbons (Fsp3) is 0.333. The van der Waals surface area contributed by atoms with Crippen LogP contribution in [0.3, 0.4) is 0 Å². The molecule has 1 aliphatic rings. The fourth-order valence-electron chi connectivity index (χ4n) is 4.09. The van der Waals surface area contributed by atoms with E-state index in [1.807, 2.05) is 44.2 Å². The molecule has 0 spiro atoms. The molecular weight excluding hydrogens is 460 g/mol. The number of carbonyl (C=O) groups is 2. The van der Waals surface area contributed by atoms with E-state index in [-0.39, 0.29) is 12.0 Å². The van der Waals surface area contributed by atoms with Crippen LogP contribution < -0.4 is 24.4 Å². The summed E-state index contributed by atoms with van der Waals surface area (Å²) in [5.41, 5.74) is 2.21. The van der Waals surface area contributed by atoms with Crippen molar-refractivity contribution in [1.82, 2.24) is 15.3 Å². The number of aromatic nitrogens is 2. The van der Waals surface area contributed by atoms with E-state index in [2.05, 4.69) is 20.2 Å². The SMILES string of the molecule is CCOc1ccccc1O[C@@H]1CCCN(c2ncc(C(=O)NCc3ccc(OC=O)cc3C)cn2)C1. The lowest BCUT2D eigenvalue weighted by atomic mass is 10.1. The molecule has 1 fully saturated rings. The van der Waals surface area contributed by atoms with E-state index < -0.39 is 0 Å². The molecular formula is C27H30N4O5. The van der Waals surface area contributed by atoms with Crippen molar-refractivity contribution >= 4 is 18.3 Å². The third-order valence-electron chi connectivity index (χ3n) is 5.94. The number of nitrogens with one attached hydrogen (secondary N) is 1. The summed E-state index contributed by atoms with van der Waals surface area (Å²) < 4.78 is 16.8. The van der Waals surface area contributed by atoms with Crippen LogP contribution in [0.4, 0.5) is 5.95 Å². The Bertz CT molecular complexity index is 1190. The van der Waals surface area contributed by atoms with Gasteiger partial charge in [-0.3, -0.25) is 9.59 Å². The summed E-state index contributed by atoms with van der Waals surface area (Å²) in [5.74, 6) is 2.25. The average Bonchev–Trinajstić information content (AvgIpc) is 2.90. The van der Waals surface area contributed by atoms with Gasteiger partial charge in [0.1, 0.15) is 11.9 Å². The van der Waals surface area contributed by atoms with Gasteiger partial charge in [-0.05, 0) is 62.1 Å². The van der Waals surface area contributed by atoms with E-state index in [0.717, 1.165) is 42.0 Å². The summed E-state index contributed by atoms with van der Waals surface area (Å²) in [6.07, 6.45) is 4.95. The lowest BCUT2D eigenvalue weighted by Crippen LogP contribution is -2.42. The van der Waals surface area contributed by atoms with Gasteiger partial charge >= 0.3 is 0 Å². The molecule has 1 aromatic heterocycles. The lowest BCUT2D eigenvalue weighted by Gasteiger charge is -2.33. The molecule has 9 heteroatoms. The highest BCUT2D eigenvalue weighted by molar-refractivity contribution is 5.93. The number of hydrogen-bond acceptors (Lipinski definition) is 8. The maximum atomic E-state index is 12.6. The zero-order chi connectivity index (χ0) is 25.3. The maximum absolute atomic E-state index is 12.6. The Morgan fingerprint density at radius 2 is 1.94 bits per heavy atom. The highest BCUT2D eigenvalue weighted by Crippen LogP contribution is 2.29. The highest BCUT2D eigenvalue weighted by Gasteiger charge is 2.24. The number of piperidine rings is 1. The van der Waals surface area contributed by atoms with Crippen LogP contribution in [0, 0.1) is 6.92 Å². The van der Waals surface area contributed by atoms with Crippen molar-refractivity contribution in [3.05, 3.63) is 71.5 Å². The van der Waals surface area contributed by atoms with E-state index in [0.29, 0.717) is 43.4 Å². The van der Waals surface area contributed by atoms with Crippen LogP contribution in [0.5, 0.6) is 17.2 Å². The number of hydrogen-bond donors (Lipinski definition) is 1. The van der Waals surface area contributed by atoms with Crippen molar-refractivity contribution in [1.29, 1.82) is 0 Å². The third kappa shape index (κ3) is 6.29. The maximum Gasteiger partial charge on any atom is 0.298 e. The predicted octanol–water partition coefficient (Wildman–Crippen LogP) is 3.70. The largest absolute Gasteiger partial charge is 0.490 e. The number of rotatable bonds is 10. The van der Waals surface area contributed by atoms with Gasteiger partial charge < -0.3 is 24.4 Å². The number of para-hydroxylation sites is 2. The van der Waals surface area contributed by atoms with Crippen molar-refractivity contribution in [2.75, 3.05) is 24.6 Å². The van der Waals surface area contributed by atoms with Crippen molar-refractivity contribution in [3.63, 3.8) is 0 Å². The molecule has 0 saturated carbocycles. The van der Waals surface area contributed by atoms with E-state index in [4.69, 9.17) is 14.2 Å². The molecule has 0 radical (unpaired) electrons. The van der Waals surface area contributed by atoms with Crippen LogP contribution in [0.2, 0.25) is 0 Å². The van der Waals surface area contributed by atoms with Gasteiger partial charge in [0, 0.05) is 25.5 Å². The molecule has 9 nitrogen and oxygen atoms in total. The van der Waals surface area contributed by atoms with E-state index >= 15 is 0 Å². The van der Waals surface area contributed by atoms with Crippen LogP contribution in [0.15, 0.2) is 54.9 Å². The Labute approximate surface area is 210 Å². The first-order valence-electron chi connectivity index (χ1n) is 12.0. The monoisotopic (exact) mass is 490 g/mol. The molecule has 0 unspecified atom stereocenters. The van der Waals surface area contributed by atoms with Crippen molar-refractivity contribution in [2.24, 2.45) is 0 Å². The normalized spacial score (nSPS) is 15.2. The first-order chi connectivity index (χ1) is 17.6. The van der Waals surface area contributed by atoms with Crippen LogP contribution >= 0.6 is 0 Å². The molecule has 3 aromatic rings. The van der Waals surface area contributed by atoms with E-state index in [1.165, 1.54) is 0 Å². The zero-order valence-electron chi connectivity index (χ0n) is 20.5. The number of benzene rings is 2. The first-order valence-corrected chi connectivity index (χ1v) is 12.0. The average molecular weight is 491 g/mol. The number of amides is 1. The van der Waals surface area contributed by atoms with Gasteiger partial charge in [-0.2, -0.15) is 0 Å². The molecule has 1 aliphatic heterocycles. The second kappa shape index (κ2) is 12.0. The van der Waals surface area contributed by atoms with Crippen LogP contribution in [0.1, 0.15) is 41.3 Å². The predicted molar refractivity (Wildman–Crippen MR) is 135 cm³/mol. The van der Waals surface area contributed by atoms with Crippen LogP contribution in [-0.4, -0.2) is 48.1 Å². The van der Waals surface area contributed by atoms with Crippen molar-refractivity contribution in [3.8, 4) is 17.2 Å². The van der Waals surface area contributed by atoms with Gasteiger partial charge in [0.25, 0.3) is 12.4 Å². The molecule has 1 atom stereocenters. The molecule has 1 amide bonds. The van der Waals surface area contributed by atoms with Crippen molar-refractivity contribution < 1.29 is 23.8 Å². The molecule has 0 bridgehead atoms. The summed E-state index contributed by atoms with van der Waals surface area (Å²) in [6, 6.07) is 12.9. The minimum Gasteiger partial charge on any atom is -0.490 e. The summed E-state index contributed by atoms with van der Waals surface area (Å²) in [4.78, 5) is 34.1. The molecule has 36 heavy (non-hydrogen) atoms. The molecule has 0 aliphatic carbocycles. The Balaban J connectivity index is 1.34. The topological polar surface area (TPSA) is 103 Å². The Morgan fingerprint density at radius 3 is 2.67 bits per heavy atom. The molecule has 188 valence electrons. The molecule has 4 rings (SSSR count). The summed E-state index contributed by atoms with van der Waals surface area (Å²) in [6.45, 7) is 6.61. The minimum absolute atomic E-state index is 0.0153. The Kier molecular flexibility index (Phi) is 8.33. The van der Waals surface area contributed by atoms with Crippen LogP contribution in [-0.2, 0) is 11.3 Å². The van der Waals surface area contributed by atoms with Gasteiger partial charge in [-0.25, -0.2) is 9.97 Å². The highest BCUT2D eigenvalue weighted by atomic mass is 16.5. The quantitative estimate of drug-likeness (QED) is 0.429. The van der Waals surface area contributed by atoms with Gasteiger partial charge in [0.15, 0.2) is 11.5 Å². The standard InChI is InChI=1S/C27H30N4O5/c1-3-34-24-8-4-5-9-25(24)36-23-7-6-12-31(17-23)27-29-15-21(16-30-27)26(33)28-14-20-10-11-22(35-18-32)13-19(20)2/h4-5,8-11,13,15-16,18,23H,3,6-7,12,14,17H2,1-2H3,(H,28,33)/t23-/m1/s1. The number of ether oxygens (including phenoxy) is 3. The van der Waals surface area contributed by atoms with E-state index in [9.17, 15) is 9.59 Å². The second-order valence-corrected chi connectivity index (χ2v) is 8.46. The fourth-order valence-corrected chi connectivity index (χ4v) is 4.09. The minimum atomic E-state index is -0.262. The summed E-state index contributed by atoms with van der Waals surface area (Å²) in [7, 11) is 0. The summed E-state index contributed by atoms with van der Waals surface area (Å²) in [5, 5.41) is 2.88. The molecule has 1 saturated heterocycles. The number of carbonyl (C=O) groups excluding carboxylic acids is 2. The van der Waals surface area contributed by atoms with Gasteiger partial charge in [0.2, 0.25) is 5.95 Å².